The van der Waals surface area contributed by atoms with Crippen molar-refractivity contribution in [2.24, 2.45) is 0 Å². The normalized spacial score (nSPS) is 16.0. The SMILES string of the molecule is CC1Cc2cc(S(=O)(=O)NCCc3ccc(N)cc3)cc(Cl)c2O1.Cl. The van der Waals surface area contributed by atoms with Crippen LogP contribution < -0.4 is 15.2 Å². The van der Waals surface area contributed by atoms with Crippen LogP contribution in [-0.4, -0.2) is 21.1 Å². The molecule has 1 heterocycles. The van der Waals surface area contributed by atoms with Crippen LogP contribution >= 0.6 is 24.0 Å². The van der Waals surface area contributed by atoms with E-state index < -0.39 is 10.0 Å². The first-order chi connectivity index (χ1) is 11.3. The first-order valence-corrected chi connectivity index (χ1v) is 9.54. The van der Waals surface area contributed by atoms with Crippen LogP contribution in [0.2, 0.25) is 5.02 Å². The number of nitrogens with two attached hydrogens (primary N) is 1. The lowest BCUT2D eigenvalue weighted by Crippen LogP contribution is -2.26. The number of sulfonamides is 1. The highest BCUT2D eigenvalue weighted by Crippen LogP contribution is 2.37. The molecule has 0 aromatic heterocycles. The van der Waals surface area contributed by atoms with Gasteiger partial charge >= 0.3 is 0 Å². The summed E-state index contributed by atoms with van der Waals surface area (Å²) in [7, 11) is -3.61. The van der Waals surface area contributed by atoms with E-state index in [-0.39, 0.29) is 23.4 Å². The summed E-state index contributed by atoms with van der Waals surface area (Å²) >= 11 is 6.16. The van der Waals surface area contributed by atoms with Crippen LogP contribution in [-0.2, 0) is 22.9 Å². The fourth-order valence-corrected chi connectivity index (χ4v) is 4.17. The zero-order chi connectivity index (χ0) is 17.3. The Hall–Kier alpha value is -1.47. The fraction of sp³-hybridized carbons (Fsp3) is 0.294. The number of halogens is 2. The second-order valence-corrected chi connectivity index (χ2v) is 8.09. The molecule has 0 fully saturated rings. The van der Waals surface area contributed by atoms with Crippen LogP contribution in [0.4, 0.5) is 5.69 Å². The minimum absolute atomic E-state index is 0. The molecule has 0 radical (unpaired) electrons. The summed E-state index contributed by atoms with van der Waals surface area (Å²) in [6.45, 7) is 2.23. The fourth-order valence-electron chi connectivity index (χ4n) is 2.71. The van der Waals surface area contributed by atoms with Crippen molar-refractivity contribution in [1.29, 1.82) is 0 Å². The summed E-state index contributed by atoms with van der Waals surface area (Å²) in [6.07, 6.45) is 1.25. The highest BCUT2D eigenvalue weighted by Gasteiger charge is 2.25. The van der Waals surface area contributed by atoms with Crippen molar-refractivity contribution in [3.05, 3.63) is 52.5 Å². The van der Waals surface area contributed by atoms with Gasteiger partial charge in [0.15, 0.2) is 0 Å². The number of rotatable bonds is 5. The van der Waals surface area contributed by atoms with E-state index in [0.29, 0.717) is 35.8 Å². The zero-order valence-electron chi connectivity index (χ0n) is 13.7. The maximum Gasteiger partial charge on any atom is 0.240 e. The molecule has 0 amide bonds. The maximum atomic E-state index is 12.5. The minimum Gasteiger partial charge on any atom is -0.489 e. The third-order valence-corrected chi connectivity index (χ3v) is 5.64. The minimum atomic E-state index is -3.61. The molecule has 5 nitrogen and oxygen atoms in total. The summed E-state index contributed by atoms with van der Waals surface area (Å²) < 4.78 is 33.2. The molecule has 3 N–H and O–H groups in total. The van der Waals surface area contributed by atoms with Crippen molar-refractivity contribution in [2.75, 3.05) is 12.3 Å². The molecule has 8 heteroatoms. The van der Waals surface area contributed by atoms with E-state index in [9.17, 15) is 8.42 Å². The monoisotopic (exact) mass is 402 g/mol. The van der Waals surface area contributed by atoms with Gasteiger partial charge in [0.25, 0.3) is 0 Å². The third kappa shape index (κ3) is 4.58. The number of fused-ring (bicyclic) bond motifs is 1. The molecule has 3 rings (SSSR count). The van der Waals surface area contributed by atoms with E-state index in [1.165, 1.54) is 6.07 Å². The van der Waals surface area contributed by atoms with Gasteiger partial charge in [-0.05, 0) is 43.2 Å². The molecular formula is C17H20Cl2N2O3S. The largest absolute Gasteiger partial charge is 0.489 e. The number of nitrogen functional groups attached to an aromatic ring is 1. The summed E-state index contributed by atoms with van der Waals surface area (Å²) in [5, 5.41) is 0.329. The molecule has 0 bridgehead atoms. The lowest BCUT2D eigenvalue weighted by molar-refractivity contribution is 0.255. The van der Waals surface area contributed by atoms with Crippen molar-refractivity contribution in [3.63, 3.8) is 0 Å². The molecule has 1 aliphatic rings. The van der Waals surface area contributed by atoms with E-state index in [4.69, 9.17) is 22.1 Å². The van der Waals surface area contributed by atoms with Crippen molar-refractivity contribution in [2.45, 2.75) is 30.8 Å². The van der Waals surface area contributed by atoms with Crippen LogP contribution in [0.25, 0.3) is 0 Å². The molecule has 25 heavy (non-hydrogen) atoms. The molecule has 2 aromatic rings. The molecular weight excluding hydrogens is 383 g/mol. The Balaban J connectivity index is 0.00000225. The van der Waals surface area contributed by atoms with E-state index in [1.54, 1.807) is 18.2 Å². The Morgan fingerprint density at radius 1 is 1.28 bits per heavy atom. The van der Waals surface area contributed by atoms with Gasteiger partial charge in [0.1, 0.15) is 11.9 Å². The highest BCUT2D eigenvalue weighted by atomic mass is 35.5. The summed E-state index contributed by atoms with van der Waals surface area (Å²) in [6, 6.07) is 10.4. The smallest absolute Gasteiger partial charge is 0.240 e. The average molecular weight is 403 g/mol. The van der Waals surface area contributed by atoms with Gasteiger partial charge in [-0.2, -0.15) is 0 Å². The van der Waals surface area contributed by atoms with Gasteiger partial charge < -0.3 is 10.5 Å². The van der Waals surface area contributed by atoms with Gasteiger partial charge in [-0.15, -0.1) is 12.4 Å². The Labute approximate surface area is 159 Å². The van der Waals surface area contributed by atoms with Gasteiger partial charge in [0.2, 0.25) is 10.0 Å². The second kappa shape index (κ2) is 7.83. The van der Waals surface area contributed by atoms with Crippen LogP contribution in [0.3, 0.4) is 0 Å². The quantitative estimate of drug-likeness (QED) is 0.752. The van der Waals surface area contributed by atoms with E-state index >= 15 is 0 Å². The first-order valence-electron chi connectivity index (χ1n) is 7.68. The van der Waals surface area contributed by atoms with Crippen LogP contribution in [0.5, 0.6) is 5.75 Å². The third-order valence-electron chi connectivity index (χ3n) is 3.92. The second-order valence-electron chi connectivity index (χ2n) is 5.92. The predicted molar refractivity (Wildman–Crippen MR) is 102 cm³/mol. The van der Waals surface area contributed by atoms with E-state index in [1.807, 2.05) is 19.1 Å². The number of hydrogen-bond donors (Lipinski definition) is 2. The van der Waals surface area contributed by atoms with E-state index in [2.05, 4.69) is 4.72 Å². The van der Waals surface area contributed by atoms with Crippen molar-refractivity contribution >= 4 is 39.7 Å². The van der Waals surface area contributed by atoms with Gasteiger partial charge in [-0.3, -0.25) is 0 Å². The summed E-state index contributed by atoms with van der Waals surface area (Å²) in [5.74, 6) is 0.588. The predicted octanol–water partition coefficient (Wildman–Crippen LogP) is 3.19. The summed E-state index contributed by atoms with van der Waals surface area (Å²) in [5.41, 5.74) is 8.16. The lowest BCUT2D eigenvalue weighted by atomic mass is 10.1. The number of benzene rings is 2. The van der Waals surface area contributed by atoms with E-state index in [0.717, 1.165) is 11.1 Å². The molecule has 1 atom stereocenters. The molecule has 1 aliphatic heterocycles. The zero-order valence-corrected chi connectivity index (χ0v) is 16.0. The number of ether oxygens (including phenoxy) is 1. The average Bonchev–Trinajstić information content (AvgIpc) is 2.90. The van der Waals surface area contributed by atoms with Crippen molar-refractivity contribution in [1.82, 2.24) is 4.72 Å². The molecule has 1 unspecified atom stereocenters. The van der Waals surface area contributed by atoms with Crippen LogP contribution in [0.1, 0.15) is 18.1 Å². The Kier molecular flexibility index (Phi) is 6.21. The van der Waals surface area contributed by atoms with Gasteiger partial charge in [-0.25, -0.2) is 13.1 Å². The van der Waals surface area contributed by atoms with Crippen molar-refractivity contribution < 1.29 is 13.2 Å². The van der Waals surface area contributed by atoms with Gasteiger partial charge in [0.05, 0.1) is 9.92 Å². The molecule has 0 spiro atoms. The first kappa shape index (κ1) is 19.8. The Morgan fingerprint density at radius 3 is 2.64 bits per heavy atom. The van der Waals surface area contributed by atoms with Crippen LogP contribution in [0, 0.1) is 0 Å². The topological polar surface area (TPSA) is 81.4 Å². The van der Waals surface area contributed by atoms with Crippen LogP contribution in [0.15, 0.2) is 41.3 Å². The Morgan fingerprint density at radius 2 is 1.96 bits per heavy atom. The standard InChI is InChI=1S/C17H19ClN2O3S.ClH/c1-11-8-13-9-15(10-16(18)17(13)23-11)24(21,22)20-7-6-12-2-4-14(19)5-3-12;/h2-5,9-11,20H,6-8,19H2,1H3;1H. The number of anilines is 1. The molecule has 0 aliphatic carbocycles. The maximum absolute atomic E-state index is 12.5. The Bertz CT molecular complexity index is 855. The number of nitrogens with one attached hydrogen (secondary N) is 1. The van der Waals surface area contributed by atoms with Gasteiger partial charge in [0, 0.05) is 24.2 Å². The lowest BCUT2D eigenvalue weighted by Gasteiger charge is -2.10. The highest BCUT2D eigenvalue weighted by molar-refractivity contribution is 7.89. The summed E-state index contributed by atoms with van der Waals surface area (Å²) in [4.78, 5) is 0.168. The molecule has 0 saturated carbocycles. The molecule has 2 aromatic carbocycles. The van der Waals surface area contributed by atoms with Gasteiger partial charge in [-0.1, -0.05) is 23.7 Å². The molecule has 136 valence electrons. The van der Waals surface area contributed by atoms with Crippen molar-refractivity contribution in [3.8, 4) is 5.75 Å². The molecule has 0 saturated heterocycles. The number of hydrogen-bond acceptors (Lipinski definition) is 4.